The van der Waals surface area contributed by atoms with Crippen molar-refractivity contribution in [3.05, 3.63) is 15.6 Å². The zero-order valence-electron chi connectivity index (χ0n) is 16.9. The van der Waals surface area contributed by atoms with Crippen LogP contribution in [0.5, 0.6) is 0 Å². The number of nitrogens with one attached hydrogen (secondary N) is 2. The third-order valence-corrected chi connectivity index (χ3v) is 5.85. The van der Waals surface area contributed by atoms with Gasteiger partial charge in [-0.3, -0.25) is 9.79 Å². The molecule has 0 aliphatic heterocycles. The summed E-state index contributed by atoms with van der Waals surface area (Å²) in [5.74, 6) is 1.58. The molecule has 1 saturated carbocycles. The fraction of sp³-hybridized carbons (Fsp3) is 0.737. The molecule has 26 heavy (non-hydrogen) atoms. The fourth-order valence-corrected chi connectivity index (χ4v) is 4.56. The maximum atomic E-state index is 12.2. The molecule has 146 valence electrons. The minimum absolute atomic E-state index is 0.115. The molecule has 7 heteroatoms. The predicted octanol–water partition coefficient (Wildman–Crippen LogP) is 2.89. The van der Waals surface area contributed by atoms with Crippen molar-refractivity contribution in [3.8, 4) is 0 Å². The van der Waals surface area contributed by atoms with Gasteiger partial charge in [-0.2, -0.15) is 0 Å². The van der Waals surface area contributed by atoms with E-state index in [1.54, 1.807) is 23.3 Å². The SMILES string of the molecule is CN=C(NCc1nc(C(C)C)c(C)s1)NC1CCCC(C(=O)N(C)C)C1. The minimum atomic E-state index is 0.115. The summed E-state index contributed by atoms with van der Waals surface area (Å²) in [7, 11) is 5.45. The van der Waals surface area contributed by atoms with Crippen LogP contribution in [-0.4, -0.2) is 48.9 Å². The van der Waals surface area contributed by atoms with E-state index in [1.165, 1.54) is 10.6 Å². The molecule has 2 unspecified atom stereocenters. The molecule has 0 aromatic carbocycles. The van der Waals surface area contributed by atoms with E-state index < -0.39 is 0 Å². The highest BCUT2D eigenvalue weighted by atomic mass is 32.1. The van der Waals surface area contributed by atoms with Gasteiger partial charge in [-0.15, -0.1) is 11.3 Å². The highest BCUT2D eigenvalue weighted by molar-refractivity contribution is 7.11. The molecule has 1 aliphatic rings. The molecule has 2 atom stereocenters. The number of aliphatic imine (C=N–C) groups is 1. The monoisotopic (exact) mass is 379 g/mol. The molecule has 1 aliphatic carbocycles. The van der Waals surface area contributed by atoms with Gasteiger partial charge in [0.05, 0.1) is 12.2 Å². The number of thiazole rings is 1. The molecule has 6 nitrogen and oxygen atoms in total. The van der Waals surface area contributed by atoms with Crippen molar-refractivity contribution < 1.29 is 4.79 Å². The van der Waals surface area contributed by atoms with Gasteiger partial charge in [0.1, 0.15) is 5.01 Å². The van der Waals surface area contributed by atoms with Gasteiger partial charge in [0.15, 0.2) is 5.96 Å². The van der Waals surface area contributed by atoms with Crippen LogP contribution in [-0.2, 0) is 11.3 Å². The van der Waals surface area contributed by atoms with E-state index >= 15 is 0 Å². The second-order valence-electron chi connectivity index (χ2n) is 7.57. The topological polar surface area (TPSA) is 69.6 Å². The van der Waals surface area contributed by atoms with Crippen molar-refractivity contribution in [2.75, 3.05) is 21.1 Å². The van der Waals surface area contributed by atoms with Gasteiger partial charge in [0.25, 0.3) is 0 Å². The molecule has 0 bridgehead atoms. The largest absolute Gasteiger partial charge is 0.354 e. The second-order valence-corrected chi connectivity index (χ2v) is 8.85. The van der Waals surface area contributed by atoms with Crippen molar-refractivity contribution in [2.24, 2.45) is 10.9 Å². The summed E-state index contributed by atoms with van der Waals surface area (Å²) in [5, 5.41) is 7.94. The standard InChI is InChI=1S/C19H33N5OS/c1-12(2)17-13(3)26-16(23-17)11-21-19(20-4)22-15-9-7-8-14(10-15)18(25)24(5)6/h12,14-15H,7-11H2,1-6H3,(H2,20,21,22). The number of hydrogen-bond donors (Lipinski definition) is 2. The molecular formula is C19H33N5OS. The maximum absolute atomic E-state index is 12.2. The number of carbonyl (C=O) groups excluding carboxylic acids is 1. The van der Waals surface area contributed by atoms with Crippen molar-refractivity contribution >= 4 is 23.2 Å². The van der Waals surface area contributed by atoms with Crippen LogP contribution in [0.15, 0.2) is 4.99 Å². The molecule has 0 radical (unpaired) electrons. The van der Waals surface area contributed by atoms with Crippen LogP contribution < -0.4 is 10.6 Å². The van der Waals surface area contributed by atoms with Gasteiger partial charge in [0.2, 0.25) is 5.91 Å². The normalized spacial score (nSPS) is 21.0. The number of carbonyl (C=O) groups is 1. The highest BCUT2D eigenvalue weighted by Crippen LogP contribution is 2.26. The molecule has 2 N–H and O–H groups in total. The van der Waals surface area contributed by atoms with Gasteiger partial charge >= 0.3 is 0 Å². The van der Waals surface area contributed by atoms with Crippen LogP contribution in [0, 0.1) is 12.8 Å². The molecule has 0 saturated heterocycles. The summed E-state index contributed by atoms with van der Waals surface area (Å²) in [5.41, 5.74) is 1.19. The van der Waals surface area contributed by atoms with Gasteiger partial charge in [-0.1, -0.05) is 20.3 Å². The van der Waals surface area contributed by atoms with Crippen molar-refractivity contribution in [1.82, 2.24) is 20.5 Å². The first-order chi connectivity index (χ1) is 12.3. The molecule has 1 heterocycles. The fourth-order valence-electron chi connectivity index (χ4n) is 3.53. The smallest absolute Gasteiger partial charge is 0.225 e. The number of amides is 1. The lowest BCUT2D eigenvalue weighted by Gasteiger charge is -2.31. The van der Waals surface area contributed by atoms with Gasteiger partial charge in [-0.25, -0.2) is 4.98 Å². The average molecular weight is 380 g/mol. The lowest BCUT2D eigenvalue weighted by atomic mass is 9.85. The van der Waals surface area contributed by atoms with Crippen molar-refractivity contribution in [3.63, 3.8) is 0 Å². The predicted molar refractivity (Wildman–Crippen MR) is 109 cm³/mol. The van der Waals surface area contributed by atoms with E-state index in [2.05, 4.69) is 36.4 Å². The number of aryl methyl sites for hydroxylation is 1. The first-order valence-electron chi connectivity index (χ1n) is 9.46. The summed E-state index contributed by atoms with van der Waals surface area (Å²) in [6, 6.07) is 0.285. The third-order valence-electron chi connectivity index (χ3n) is 4.86. The van der Waals surface area contributed by atoms with E-state index in [1.807, 2.05) is 14.1 Å². The van der Waals surface area contributed by atoms with Crippen LogP contribution in [0.4, 0.5) is 0 Å². The number of guanidine groups is 1. The second kappa shape index (κ2) is 9.35. The Hall–Kier alpha value is -1.63. The molecule has 2 rings (SSSR count). The quantitative estimate of drug-likeness (QED) is 0.610. The first-order valence-corrected chi connectivity index (χ1v) is 10.3. The Labute approximate surface area is 161 Å². The van der Waals surface area contributed by atoms with Crippen LogP contribution in [0.3, 0.4) is 0 Å². The van der Waals surface area contributed by atoms with Gasteiger partial charge in [-0.05, 0) is 32.1 Å². The number of aromatic nitrogens is 1. The molecule has 1 aromatic rings. The summed E-state index contributed by atoms with van der Waals surface area (Å²) in [6.45, 7) is 7.15. The zero-order valence-corrected chi connectivity index (χ0v) is 17.7. The zero-order chi connectivity index (χ0) is 19.3. The Kier molecular flexibility index (Phi) is 7.43. The average Bonchev–Trinajstić information content (AvgIpc) is 2.99. The lowest BCUT2D eigenvalue weighted by molar-refractivity contribution is -0.134. The molecular weight excluding hydrogens is 346 g/mol. The van der Waals surface area contributed by atoms with Crippen LogP contribution >= 0.6 is 11.3 Å². The number of rotatable bonds is 5. The van der Waals surface area contributed by atoms with E-state index in [-0.39, 0.29) is 17.9 Å². The van der Waals surface area contributed by atoms with Crippen LogP contribution in [0.2, 0.25) is 0 Å². The Morgan fingerprint density at radius 1 is 1.38 bits per heavy atom. The van der Waals surface area contributed by atoms with Gasteiger partial charge in [0, 0.05) is 38.0 Å². The van der Waals surface area contributed by atoms with E-state index in [0.717, 1.165) is 36.7 Å². The van der Waals surface area contributed by atoms with Crippen LogP contribution in [0.25, 0.3) is 0 Å². The molecule has 0 spiro atoms. The summed E-state index contributed by atoms with van der Waals surface area (Å²) < 4.78 is 0. The van der Waals surface area contributed by atoms with E-state index in [9.17, 15) is 4.79 Å². The Morgan fingerprint density at radius 3 is 2.69 bits per heavy atom. The molecule has 1 amide bonds. The van der Waals surface area contributed by atoms with Crippen molar-refractivity contribution in [1.29, 1.82) is 0 Å². The number of nitrogens with zero attached hydrogens (tertiary/aromatic N) is 3. The van der Waals surface area contributed by atoms with E-state index in [4.69, 9.17) is 4.98 Å². The first kappa shape index (κ1) is 20.7. The van der Waals surface area contributed by atoms with Crippen LogP contribution in [0.1, 0.15) is 61.0 Å². The third kappa shape index (κ3) is 5.43. The van der Waals surface area contributed by atoms with Gasteiger partial charge < -0.3 is 15.5 Å². The van der Waals surface area contributed by atoms with E-state index in [0.29, 0.717) is 12.5 Å². The maximum Gasteiger partial charge on any atom is 0.225 e. The highest BCUT2D eigenvalue weighted by Gasteiger charge is 2.28. The summed E-state index contributed by atoms with van der Waals surface area (Å²) in [4.78, 5) is 24.3. The lowest BCUT2D eigenvalue weighted by Crippen LogP contribution is -2.46. The minimum Gasteiger partial charge on any atom is -0.354 e. The van der Waals surface area contributed by atoms with Crippen molar-refractivity contribution in [2.45, 2.75) is 65.0 Å². The Bertz CT molecular complexity index is 638. The Morgan fingerprint density at radius 2 is 2.12 bits per heavy atom. The Balaban J connectivity index is 1.89. The number of hydrogen-bond acceptors (Lipinski definition) is 4. The summed E-state index contributed by atoms with van der Waals surface area (Å²) >= 11 is 1.74. The summed E-state index contributed by atoms with van der Waals surface area (Å²) in [6.07, 6.45) is 4.00. The molecule has 1 aromatic heterocycles. The molecule has 1 fully saturated rings.